The van der Waals surface area contributed by atoms with Crippen molar-refractivity contribution in [2.75, 3.05) is 25.0 Å². The number of para-hydroxylation sites is 1. The van der Waals surface area contributed by atoms with Gasteiger partial charge >= 0.3 is 12.1 Å². The predicted octanol–water partition coefficient (Wildman–Crippen LogP) is 3.26. The fourth-order valence-electron chi connectivity index (χ4n) is 5.26. The first-order valence-electron chi connectivity index (χ1n) is 12.0. The van der Waals surface area contributed by atoms with E-state index in [0.29, 0.717) is 10.1 Å². The van der Waals surface area contributed by atoms with Gasteiger partial charge in [-0.3, -0.25) is 19.0 Å². The van der Waals surface area contributed by atoms with E-state index in [9.17, 15) is 36.3 Å². The summed E-state index contributed by atoms with van der Waals surface area (Å²) in [5.41, 5.74) is -4.43. The summed E-state index contributed by atoms with van der Waals surface area (Å²) in [7, 11) is 1.31. The van der Waals surface area contributed by atoms with Gasteiger partial charge in [0.1, 0.15) is 5.75 Å². The molecule has 4 heterocycles. The molecule has 208 valence electrons. The van der Waals surface area contributed by atoms with Crippen LogP contribution < -0.4 is 21.2 Å². The monoisotopic (exact) mass is 553 g/mol. The van der Waals surface area contributed by atoms with E-state index >= 15 is 0 Å². The number of alkyl halides is 5. The van der Waals surface area contributed by atoms with E-state index in [1.165, 1.54) is 19.2 Å². The summed E-state index contributed by atoms with van der Waals surface area (Å²) in [6.45, 7) is 0.960. The second-order valence-corrected chi connectivity index (χ2v) is 9.89. The summed E-state index contributed by atoms with van der Waals surface area (Å²) in [5.74, 6) is -3.80. The van der Waals surface area contributed by atoms with E-state index in [4.69, 9.17) is 4.74 Å². The average Bonchev–Trinajstić information content (AvgIpc) is 3.45. The number of fused-ring (bicyclic) bond motifs is 2. The number of likely N-dealkylation sites (tertiary alicyclic amines) is 1. The van der Waals surface area contributed by atoms with Crippen molar-refractivity contribution in [2.45, 2.75) is 43.9 Å². The Morgan fingerprint density at radius 2 is 1.92 bits per heavy atom. The molecule has 0 spiro atoms. The van der Waals surface area contributed by atoms with Crippen LogP contribution in [0, 0.1) is 0 Å². The van der Waals surface area contributed by atoms with Crippen molar-refractivity contribution in [1.82, 2.24) is 19.2 Å². The maximum absolute atomic E-state index is 14.5. The number of carbonyl (C=O) groups is 1. The van der Waals surface area contributed by atoms with Gasteiger partial charge in [0, 0.05) is 43.7 Å². The molecule has 1 fully saturated rings. The topological polar surface area (TPSA) is 98.5 Å². The minimum Gasteiger partial charge on any atom is -0.486 e. The number of hydrogen-bond donors (Lipinski definition) is 1. The number of anilines is 1. The fraction of sp³-hybridized carbons (Fsp3) is 0.440. The van der Waals surface area contributed by atoms with Gasteiger partial charge in [0.15, 0.2) is 18.0 Å². The lowest BCUT2D eigenvalue weighted by Crippen LogP contribution is -2.54. The molecule has 1 amide bonds. The number of nitrogens with zero attached hydrogens (tertiary/aromatic N) is 4. The number of nitrogens with one attached hydrogen (secondary N) is 1. The first kappa shape index (κ1) is 26.6. The minimum absolute atomic E-state index is 0.0140. The van der Waals surface area contributed by atoms with Gasteiger partial charge in [-0.25, -0.2) is 4.68 Å². The van der Waals surface area contributed by atoms with Crippen LogP contribution in [0.3, 0.4) is 0 Å². The van der Waals surface area contributed by atoms with Gasteiger partial charge in [0.2, 0.25) is 5.91 Å². The Morgan fingerprint density at radius 3 is 2.56 bits per heavy atom. The zero-order valence-corrected chi connectivity index (χ0v) is 21.1. The van der Waals surface area contributed by atoms with Gasteiger partial charge in [0.05, 0.1) is 23.5 Å². The maximum Gasteiger partial charge on any atom is 0.413 e. The third-order valence-corrected chi connectivity index (χ3v) is 7.42. The van der Waals surface area contributed by atoms with Crippen LogP contribution in [0.5, 0.6) is 5.75 Å². The highest BCUT2D eigenvalue weighted by Crippen LogP contribution is 2.46. The van der Waals surface area contributed by atoms with Crippen LogP contribution in [0.4, 0.5) is 27.8 Å². The van der Waals surface area contributed by atoms with Crippen LogP contribution in [0.1, 0.15) is 37.4 Å². The molecule has 9 nitrogen and oxygen atoms in total. The Kier molecular flexibility index (Phi) is 5.99. The molecule has 2 aliphatic heterocycles. The molecule has 2 atom stereocenters. The standard InChI is InChI=1S/C25H24F5N5O4/c1-13(15-5-4-6-18-20(15)39-12-24(18,26)27)31-21-17-10-35(19(37)9-16(17)22(38)33(3)32-21)23(25(28,29)30)7-8-34(11-23)14(2)36/h4-6,9-10,13H,7-8,11-12H2,1-3H3,(H,31,32)/t13-,23?/m1/s1. The second kappa shape index (κ2) is 8.78. The molecule has 1 saturated heterocycles. The van der Waals surface area contributed by atoms with E-state index in [2.05, 4.69) is 10.4 Å². The molecule has 1 N–H and O–H groups in total. The molecule has 0 saturated carbocycles. The van der Waals surface area contributed by atoms with E-state index in [1.807, 2.05) is 0 Å². The second-order valence-electron chi connectivity index (χ2n) is 9.89. The van der Waals surface area contributed by atoms with Crippen LogP contribution in [0.25, 0.3) is 10.8 Å². The Labute approximate surface area is 217 Å². The van der Waals surface area contributed by atoms with Crippen molar-refractivity contribution >= 4 is 22.5 Å². The van der Waals surface area contributed by atoms with Gasteiger partial charge in [-0.05, 0) is 19.4 Å². The number of ether oxygens (including phenoxy) is 1. The molecule has 3 aromatic rings. The van der Waals surface area contributed by atoms with Crippen LogP contribution in [-0.4, -0.2) is 51.0 Å². The summed E-state index contributed by atoms with van der Waals surface area (Å²) < 4.78 is 78.6. The molecule has 14 heteroatoms. The summed E-state index contributed by atoms with van der Waals surface area (Å²) in [6, 6.07) is 4.33. The summed E-state index contributed by atoms with van der Waals surface area (Å²) in [6.07, 6.45) is -4.53. The number of aryl methyl sites for hydroxylation is 1. The van der Waals surface area contributed by atoms with E-state index in [0.717, 1.165) is 28.8 Å². The Bertz CT molecular complexity index is 1620. The summed E-state index contributed by atoms with van der Waals surface area (Å²) >= 11 is 0. The quantitative estimate of drug-likeness (QED) is 0.499. The van der Waals surface area contributed by atoms with Crippen molar-refractivity contribution < 1.29 is 31.5 Å². The fourth-order valence-corrected chi connectivity index (χ4v) is 5.26. The smallest absolute Gasteiger partial charge is 0.413 e. The number of amides is 1. The Hall–Kier alpha value is -3.97. The lowest BCUT2D eigenvalue weighted by Gasteiger charge is -2.34. The number of benzene rings is 1. The van der Waals surface area contributed by atoms with E-state index < -0.39 is 60.3 Å². The van der Waals surface area contributed by atoms with Gasteiger partial charge in [-0.15, -0.1) is 0 Å². The molecule has 1 aromatic carbocycles. The number of halogens is 5. The lowest BCUT2D eigenvalue weighted by molar-refractivity contribution is -0.211. The van der Waals surface area contributed by atoms with Crippen molar-refractivity contribution in [1.29, 1.82) is 0 Å². The molecule has 0 bridgehead atoms. The predicted molar refractivity (Wildman–Crippen MR) is 130 cm³/mol. The van der Waals surface area contributed by atoms with Crippen LogP contribution in [-0.2, 0) is 23.3 Å². The Balaban J connectivity index is 1.65. The third-order valence-electron chi connectivity index (χ3n) is 7.42. The highest BCUT2D eigenvalue weighted by molar-refractivity contribution is 5.90. The van der Waals surface area contributed by atoms with Crippen LogP contribution in [0.2, 0.25) is 0 Å². The number of hydrogen-bond acceptors (Lipinski definition) is 6. The molecule has 1 unspecified atom stereocenters. The molecule has 39 heavy (non-hydrogen) atoms. The lowest BCUT2D eigenvalue weighted by atomic mass is 9.96. The minimum atomic E-state index is -4.91. The zero-order chi connectivity index (χ0) is 28.5. The zero-order valence-electron chi connectivity index (χ0n) is 21.1. The summed E-state index contributed by atoms with van der Waals surface area (Å²) in [5, 5.41) is 6.89. The first-order chi connectivity index (χ1) is 18.2. The van der Waals surface area contributed by atoms with Gasteiger partial charge in [-0.2, -0.15) is 27.1 Å². The molecular weight excluding hydrogens is 529 g/mol. The van der Waals surface area contributed by atoms with Crippen molar-refractivity contribution in [3.8, 4) is 5.75 Å². The molecule has 2 aliphatic rings. The molecular formula is C25H24F5N5O4. The van der Waals surface area contributed by atoms with Crippen LogP contribution >= 0.6 is 0 Å². The highest BCUT2D eigenvalue weighted by atomic mass is 19.4. The van der Waals surface area contributed by atoms with Gasteiger partial charge in [0.25, 0.3) is 11.1 Å². The molecule has 0 aliphatic carbocycles. The molecule has 5 rings (SSSR count). The van der Waals surface area contributed by atoms with Crippen molar-refractivity contribution in [3.63, 3.8) is 0 Å². The van der Waals surface area contributed by atoms with E-state index in [1.54, 1.807) is 13.0 Å². The molecule has 0 radical (unpaired) electrons. The largest absolute Gasteiger partial charge is 0.486 e. The number of rotatable bonds is 4. The number of pyridine rings is 1. The van der Waals surface area contributed by atoms with Gasteiger partial charge < -0.3 is 15.0 Å². The van der Waals surface area contributed by atoms with Crippen molar-refractivity contribution in [2.24, 2.45) is 7.05 Å². The number of aromatic nitrogens is 3. The third kappa shape index (κ3) is 4.12. The van der Waals surface area contributed by atoms with Gasteiger partial charge in [-0.1, -0.05) is 12.1 Å². The average molecular weight is 553 g/mol. The molecule has 2 aromatic heterocycles. The first-order valence-corrected chi connectivity index (χ1v) is 12.0. The van der Waals surface area contributed by atoms with Crippen molar-refractivity contribution in [3.05, 3.63) is 62.3 Å². The number of carbonyl (C=O) groups excluding carboxylic acids is 1. The highest BCUT2D eigenvalue weighted by Gasteiger charge is 2.60. The Morgan fingerprint density at radius 1 is 1.21 bits per heavy atom. The maximum atomic E-state index is 14.5. The summed E-state index contributed by atoms with van der Waals surface area (Å²) in [4.78, 5) is 38.7. The SMILES string of the molecule is CC(=O)N1CCC(n2cc3c(N[C@H](C)c4cccc5c4OCC5(F)F)nn(C)c(=O)c3cc2=O)(C(F)(F)F)C1. The van der Waals surface area contributed by atoms with Crippen LogP contribution in [0.15, 0.2) is 40.1 Å². The normalized spacial score (nSPS) is 21.1. The van der Waals surface area contributed by atoms with E-state index in [-0.39, 0.29) is 34.4 Å².